The van der Waals surface area contributed by atoms with Gasteiger partial charge in [0.1, 0.15) is 5.69 Å². The summed E-state index contributed by atoms with van der Waals surface area (Å²) in [6.45, 7) is 6.44. The minimum Gasteiger partial charge on any atom is -0.472 e. The maximum absolute atomic E-state index is 6.00. The smallest absolute Gasteiger partial charge is 0.105 e. The van der Waals surface area contributed by atoms with Gasteiger partial charge >= 0.3 is 0 Å². The van der Waals surface area contributed by atoms with Gasteiger partial charge in [-0.2, -0.15) is 0 Å². The van der Waals surface area contributed by atoms with E-state index in [9.17, 15) is 0 Å². The van der Waals surface area contributed by atoms with Crippen LogP contribution in [0.4, 0.5) is 0 Å². The number of hydrogen-bond acceptors (Lipinski definition) is 5. The Bertz CT molecular complexity index is 633. The van der Waals surface area contributed by atoms with E-state index in [2.05, 4.69) is 22.1 Å². The lowest BCUT2D eigenvalue weighted by atomic mass is 10.0. The van der Waals surface area contributed by atoms with Gasteiger partial charge in [0.25, 0.3) is 0 Å². The molecule has 0 spiro atoms. The Kier molecular flexibility index (Phi) is 4.18. The molecule has 124 valence electrons. The van der Waals surface area contributed by atoms with E-state index in [-0.39, 0.29) is 6.04 Å². The molecular formula is C17H24N4O2. The molecule has 1 aliphatic carbocycles. The average molecular weight is 316 g/mol. The number of ether oxygens (including phenoxy) is 1. The van der Waals surface area contributed by atoms with Gasteiger partial charge in [0.15, 0.2) is 0 Å². The molecule has 1 saturated carbocycles. The summed E-state index contributed by atoms with van der Waals surface area (Å²) in [4.78, 5) is 2.44. The van der Waals surface area contributed by atoms with Crippen LogP contribution in [0.5, 0.6) is 0 Å². The molecule has 6 nitrogen and oxygen atoms in total. The molecule has 1 fully saturated rings. The number of aryl methyl sites for hydroxylation is 1. The molecule has 0 amide bonds. The molecule has 1 aliphatic heterocycles. The number of nitrogens with zero attached hydrogens (tertiary/aromatic N) is 4. The number of fused-ring (bicyclic) bond motifs is 1. The molecule has 2 aromatic rings. The topological polar surface area (TPSA) is 56.3 Å². The van der Waals surface area contributed by atoms with Crippen LogP contribution in [0.2, 0.25) is 0 Å². The molecule has 2 aliphatic rings. The third-order valence-corrected chi connectivity index (χ3v) is 4.85. The van der Waals surface area contributed by atoms with Gasteiger partial charge in [0.05, 0.1) is 30.9 Å². The van der Waals surface area contributed by atoms with Gasteiger partial charge in [0, 0.05) is 38.2 Å². The summed E-state index contributed by atoms with van der Waals surface area (Å²) in [6.07, 6.45) is 7.19. The fraction of sp³-hybridized carbons (Fsp3) is 0.647. The molecule has 4 rings (SSSR count). The molecule has 0 unspecified atom stereocenters. The van der Waals surface area contributed by atoms with Crippen molar-refractivity contribution in [1.29, 1.82) is 0 Å². The largest absolute Gasteiger partial charge is 0.472 e. The van der Waals surface area contributed by atoms with Gasteiger partial charge in [-0.05, 0) is 31.7 Å². The monoisotopic (exact) mass is 316 g/mol. The van der Waals surface area contributed by atoms with Gasteiger partial charge in [0.2, 0.25) is 0 Å². The molecule has 2 aromatic heterocycles. The molecular weight excluding hydrogens is 292 g/mol. The average Bonchev–Trinajstić information content (AvgIpc) is 3.08. The molecule has 0 bridgehead atoms. The van der Waals surface area contributed by atoms with Crippen LogP contribution in [0.1, 0.15) is 42.8 Å². The fourth-order valence-corrected chi connectivity index (χ4v) is 3.32. The molecule has 1 atom stereocenters. The van der Waals surface area contributed by atoms with Gasteiger partial charge < -0.3 is 9.15 Å². The zero-order valence-corrected chi connectivity index (χ0v) is 13.6. The normalized spacial score (nSPS) is 21.5. The maximum atomic E-state index is 6.00. The number of furan rings is 1. The lowest BCUT2D eigenvalue weighted by Gasteiger charge is -2.34. The van der Waals surface area contributed by atoms with Crippen LogP contribution in [-0.4, -0.2) is 39.7 Å². The molecule has 0 radical (unpaired) electrons. The first kappa shape index (κ1) is 14.9. The zero-order chi connectivity index (χ0) is 15.6. The summed E-state index contributed by atoms with van der Waals surface area (Å²) in [5.74, 6) is 0.784. The quantitative estimate of drug-likeness (QED) is 0.785. The van der Waals surface area contributed by atoms with Crippen molar-refractivity contribution >= 4 is 0 Å². The first-order valence-corrected chi connectivity index (χ1v) is 8.60. The fourth-order valence-electron chi connectivity index (χ4n) is 3.32. The lowest BCUT2D eigenvalue weighted by Crippen LogP contribution is -2.38. The predicted molar refractivity (Wildman–Crippen MR) is 84.8 cm³/mol. The van der Waals surface area contributed by atoms with E-state index < -0.39 is 0 Å². The van der Waals surface area contributed by atoms with Crippen molar-refractivity contribution in [3.05, 3.63) is 35.5 Å². The van der Waals surface area contributed by atoms with Crippen molar-refractivity contribution in [3.63, 3.8) is 0 Å². The number of hydrogen-bond donors (Lipinski definition) is 0. The van der Waals surface area contributed by atoms with Crippen molar-refractivity contribution < 1.29 is 9.15 Å². The van der Waals surface area contributed by atoms with Crippen LogP contribution >= 0.6 is 0 Å². The highest BCUT2D eigenvalue weighted by molar-refractivity contribution is 5.20. The number of aromatic nitrogens is 3. The van der Waals surface area contributed by atoms with E-state index in [0.717, 1.165) is 44.3 Å². The lowest BCUT2D eigenvalue weighted by molar-refractivity contribution is 0.0424. The summed E-state index contributed by atoms with van der Waals surface area (Å²) in [5.41, 5.74) is 3.57. The third kappa shape index (κ3) is 3.19. The Hall–Kier alpha value is -1.66. The Labute approximate surface area is 136 Å². The standard InChI is InChI=1S/C17H24N4O2/c1-2-21-15-5-7-20(9-14-6-8-22-11-14)16(17(15)18-19-21)12-23-10-13-3-4-13/h6,8,11,13,16H,2-5,7,9-10,12H2,1H3/t16-/m1/s1. The minimum atomic E-state index is 0.188. The Balaban J connectivity index is 1.52. The van der Waals surface area contributed by atoms with Gasteiger partial charge in [-0.3, -0.25) is 4.90 Å². The molecule has 0 aromatic carbocycles. The molecule has 6 heteroatoms. The van der Waals surface area contributed by atoms with Crippen LogP contribution in [0.25, 0.3) is 0 Å². The SMILES string of the molecule is CCn1nnc2c1CCN(Cc1ccoc1)[C@@H]2COCC1CC1. The summed E-state index contributed by atoms with van der Waals surface area (Å²) >= 11 is 0. The van der Waals surface area contributed by atoms with Gasteiger partial charge in [-0.15, -0.1) is 5.10 Å². The number of rotatable bonds is 7. The van der Waals surface area contributed by atoms with Crippen LogP contribution in [-0.2, 0) is 24.2 Å². The summed E-state index contributed by atoms with van der Waals surface area (Å²) in [6, 6.07) is 2.22. The van der Waals surface area contributed by atoms with E-state index in [4.69, 9.17) is 9.15 Å². The van der Waals surface area contributed by atoms with Crippen molar-refractivity contribution in [2.24, 2.45) is 5.92 Å². The van der Waals surface area contributed by atoms with E-state index in [0.29, 0.717) is 6.61 Å². The van der Waals surface area contributed by atoms with Crippen molar-refractivity contribution in [2.75, 3.05) is 19.8 Å². The Morgan fingerprint density at radius 3 is 3.00 bits per heavy atom. The van der Waals surface area contributed by atoms with Crippen molar-refractivity contribution in [2.45, 2.75) is 45.3 Å². The Morgan fingerprint density at radius 2 is 2.26 bits per heavy atom. The molecule has 0 N–H and O–H groups in total. The maximum Gasteiger partial charge on any atom is 0.105 e. The second-order valence-electron chi connectivity index (χ2n) is 6.59. The van der Waals surface area contributed by atoms with Crippen molar-refractivity contribution in [3.8, 4) is 0 Å². The van der Waals surface area contributed by atoms with E-state index >= 15 is 0 Å². The first-order chi connectivity index (χ1) is 11.3. The second-order valence-corrected chi connectivity index (χ2v) is 6.59. The van der Waals surface area contributed by atoms with E-state index in [1.807, 2.05) is 17.0 Å². The first-order valence-electron chi connectivity index (χ1n) is 8.60. The third-order valence-electron chi connectivity index (χ3n) is 4.85. The minimum absolute atomic E-state index is 0.188. The van der Waals surface area contributed by atoms with Crippen LogP contribution in [0.15, 0.2) is 23.0 Å². The van der Waals surface area contributed by atoms with E-state index in [1.165, 1.54) is 24.1 Å². The summed E-state index contributed by atoms with van der Waals surface area (Å²) in [5, 5.41) is 8.79. The predicted octanol–water partition coefficient (Wildman–Crippen LogP) is 2.42. The summed E-state index contributed by atoms with van der Waals surface area (Å²) < 4.78 is 13.2. The van der Waals surface area contributed by atoms with Gasteiger partial charge in [-0.1, -0.05) is 5.21 Å². The van der Waals surface area contributed by atoms with Gasteiger partial charge in [-0.25, -0.2) is 4.68 Å². The molecule has 23 heavy (non-hydrogen) atoms. The highest BCUT2D eigenvalue weighted by Gasteiger charge is 2.33. The second kappa shape index (κ2) is 6.45. The summed E-state index contributed by atoms with van der Waals surface area (Å²) in [7, 11) is 0. The van der Waals surface area contributed by atoms with Crippen LogP contribution in [0, 0.1) is 5.92 Å². The van der Waals surface area contributed by atoms with E-state index in [1.54, 1.807) is 6.26 Å². The zero-order valence-electron chi connectivity index (χ0n) is 13.6. The van der Waals surface area contributed by atoms with Crippen molar-refractivity contribution in [1.82, 2.24) is 19.9 Å². The highest BCUT2D eigenvalue weighted by Crippen LogP contribution is 2.32. The Morgan fingerprint density at radius 1 is 1.35 bits per heavy atom. The highest BCUT2D eigenvalue weighted by atomic mass is 16.5. The van der Waals surface area contributed by atoms with Crippen LogP contribution in [0.3, 0.4) is 0 Å². The molecule has 0 saturated heterocycles. The molecule has 3 heterocycles. The van der Waals surface area contributed by atoms with Crippen LogP contribution < -0.4 is 0 Å².